The highest BCUT2D eigenvalue weighted by atomic mass is 32.1. The average molecular weight is 326 g/mol. The van der Waals surface area contributed by atoms with Crippen LogP contribution in [0.1, 0.15) is 29.2 Å². The lowest BCUT2D eigenvalue weighted by atomic mass is 10.3. The molecular weight excluding hydrogens is 308 g/mol. The van der Waals surface area contributed by atoms with Crippen LogP contribution in [0.3, 0.4) is 0 Å². The minimum Gasteiger partial charge on any atom is -0.321 e. The van der Waals surface area contributed by atoms with Crippen LogP contribution in [0.15, 0.2) is 48.0 Å². The highest BCUT2D eigenvalue weighted by molar-refractivity contribution is 7.11. The molecule has 0 aliphatic rings. The van der Waals surface area contributed by atoms with E-state index in [-0.39, 0.29) is 5.78 Å². The molecule has 0 saturated carbocycles. The van der Waals surface area contributed by atoms with Gasteiger partial charge in [0.05, 0.1) is 16.9 Å². The van der Waals surface area contributed by atoms with Crippen LogP contribution in [0.5, 0.6) is 0 Å². The number of ketones is 1. The van der Waals surface area contributed by atoms with Crippen molar-refractivity contribution in [1.82, 2.24) is 14.1 Å². The molecule has 5 nitrogen and oxygen atoms in total. The topological polar surface area (TPSA) is 52.2 Å². The number of imidazole rings is 1. The smallest absolute Gasteiger partial charge is 0.190 e. The first-order chi connectivity index (χ1) is 11.1. The number of aromatic nitrogens is 3. The summed E-state index contributed by atoms with van der Waals surface area (Å²) in [6.45, 7) is 6.42. The Labute approximate surface area is 138 Å². The highest BCUT2D eigenvalue weighted by Crippen LogP contribution is 2.17. The molecule has 0 unspecified atom stereocenters. The maximum Gasteiger partial charge on any atom is 0.190 e. The lowest BCUT2D eigenvalue weighted by Gasteiger charge is -2.03. The number of benzene rings is 1. The van der Waals surface area contributed by atoms with Crippen molar-refractivity contribution in [3.63, 3.8) is 0 Å². The summed E-state index contributed by atoms with van der Waals surface area (Å²) in [6, 6.07) is 7.95. The Hall–Kier alpha value is -2.47. The van der Waals surface area contributed by atoms with Crippen molar-refractivity contribution in [2.24, 2.45) is 4.99 Å². The van der Waals surface area contributed by atoms with Gasteiger partial charge in [-0.15, -0.1) is 0 Å². The fourth-order valence-electron chi connectivity index (χ4n) is 2.49. The zero-order valence-electron chi connectivity index (χ0n) is 13.4. The molecule has 0 spiro atoms. The van der Waals surface area contributed by atoms with Crippen molar-refractivity contribution < 1.29 is 4.79 Å². The number of rotatable bonds is 4. The monoisotopic (exact) mass is 326 g/mol. The molecule has 3 aromatic rings. The first kappa shape index (κ1) is 15.4. The van der Waals surface area contributed by atoms with Gasteiger partial charge >= 0.3 is 0 Å². The predicted molar refractivity (Wildman–Crippen MR) is 91.5 cm³/mol. The molecule has 0 aliphatic heterocycles. The van der Waals surface area contributed by atoms with Crippen molar-refractivity contribution in [3.05, 3.63) is 58.4 Å². The summed E-state index contributed by atoms with van der Waals surface area (Å²) in [5.74, 6) is 0.0894. The second-order valence-corrected chi connectivity index (χ2v) is 6.18. The molecule has 0 saturated heterocycles. The van der Waals surface area contributed by atoms with E-state index in [0.29, 0.717) is 0 Å². The molecular formula is C17H18N4OS. The van der Waals surface area contributed by atoms with Crippen LogP contribution in [0.4, 0.5) is 5.69 Å². The molecule has 0 N–H and O–H groups in total. The molecule has 0 atom stereocenters. The normalized spacial score (nSPS) is 11.9. The molecule has 23 heavy (non-hydrogen) atoms. The zero-order chi connectivity index (χ0) is 16.4. The minimum atomic E-state index is 0.0894. The van der Waals surface area contributed by atoms with Gasteiger partial charge in [0, 0.05) is 37.2 Å². The van der Waals surface area contributed by atoms with Crippen LogP contribution in [-0.2, 0) is 6.54 Å². The van der Waals surface area contributed by atoms with Crippen molar-refractivity contribution in [1.29, 1.82) is 0 Å². The highest BCUT2D eigenvalue weighted by Gasteiger charge is 2.12. The Morgan fingerprint density at radius 1 is 1.30 bits per heavy atom. The van der Waals surface area contributed by atoms with E-state index >= 15 is 0 Å². The van der Waals surface area contributed by atoms with Crippen LogP contribution in [0.25, 0.3) is 5.69 Å². The number of carbonyl (C=O) groups excluding carboxylic acids is 1. The molecule has 118 valence electrons. The average Bonchev–Trinajstić information content (AvgIpc) is 3.16. The standard InChI is InChI=1S/C17H18N4OS/c1-4-21-12(2)16(13(3)22)23-17(21)19-14-5-7-15(8-6-14)20-10-9-18-11-20/h5-11H,4H2,1-3H3. The number of carbonyl (C=O) groups is 1. The van der Waals surface area contributed by atoms with Gasteiger partial charge < -0.3 is 9.13 Å². The quantitative estimate of drug-likeness (QED) is 0.689. The van der Waals surface area contributed by atoms with Crippen LogP contribution >= 0.6 is 11.3 Å². The maximum absolute atomic E-state index is 11.7. The van der Waals surface area contributed by atoms with Crippen molar-refractivity contribution in [2.45, 2.75) is 27.3 Å². The Balaban J connectivity index is 2.02. The lowest BCUT2D eigenvalue weighted by molar-refractivity contribution is 0.102. The van der Waals surface area contributed by atoms with E-state index in [2.05, 4.69) is 16.5 Å². The van der Waals surface area contributed by atoms with Crippen molar-refractivity contribution in [2.75, 3.05) is 0 Å². The number of hydrogen-bond acceptors (Lipinski definition) is 4. The SMILES string of the molecule is CCn1c(C)c(C(C)=O)sc1=Nc1ccc(-n2ccnc2)cc1. The van der Waals surface area contributed by atoms with Gasteiger partial charge in [-0.3, -0.25) is 4.79 Å². The summed E-state index contributed by atoms with van der Waals surface area (Å²) in [4.78, 5) is 22.1. The summed E-state index contributed by atoms with van der Waals surface area (Å²) in [5.41, 5.74) is 2.89. The molecule has 0 amide bonds. The Bertz CT molecular complexity index is 886. The van der Waals surface area contributed by atoms with Crippen LogP contribution in [0.2, 0.25) is 0 Å². The molecule has 0 bridgehead atoms. The van der Waals surface area contributed by atoms with E-state index in [1.165, 1.54) is 11.3 Å². The van der Waals surface area contributed by atoms with Crippen molar-refractivity contribution in [3.8, 4) is 5.69 Å². The molecule has 0 radical (unpaired) electrons. The van der Waals surface area contributed by atoms with Crippen LogP contribution in [0, 0.1) is 6.92 Å². The predicted octanol–water partition coefficient (Wildman–Crippen LogP) is 3.50. The second kappa shape index (κ2) is 6.34. The molecule has 3 rings (SSSR count). The minimum absolute atomic E-state index is 0.0894. The van der Waals surface area contributed by atoms with E-state index in [4.69, 9.17) is 4.99 Å². The van der Waals surface area contributed by atoms with E-state index in [1.54, 1.807) is 19.4 Å². The fraction of sp³-hybridized carbons (Fsp3) is 0.235. The molecule has 2 heterocycles. The molecule has 1 aromatic carbocycles. The van der Waals surface area contributed by atoms with Gasteiger partial charge in [-0.25, -0.2) is 9.98 Å². The third kappa shape index (κ3) is 3.03. The molecule has 0 aliphatic carbocycles. The summed E-state index contributed by atoms with van der Waals surface area (Å²) in [6.07, 6.45) is 5.41. The number of thiazole rings is 1. The molecule has 2 aromatic heterocycles. The van der Waals surface area contributed by atoms with Gasteiger partial charge in [0.15, 0.2) is 10.6 Å². The van der Waals surface area contributed by atoms with Gasteiger partial charge in [0.1, 0.15) is 0 Å². The van der Waals surface area contributed by atoms with E-state index < -0.39 is 0 Å². The van der Waals surface area contributed by atoms with Gasteiger partial charge in [-0.05, 0) is 38.1 Å². The van der Waals surface area contributed by atoms with Crippen molar-refractivity contribution >= 4 is 22.8 Å². The summed E-state index contributed by atoms with van der Waals surface area (Å²) in [5, 5.41) is 0. The summed E-state index contributed by atoms with van der Waals surface area (Å²) < 4.78 is 4.02. The third-order valence-corrected chi connectivity index (χ3v) is 4.95. The first-order valence-electron chi connectivity index (χ1n) is 7.44. The van der Waals surface area contributed by atoms with Gasteiger partial charge in [0.25, 0.3) is 0 Å². The Morgan fingerprint density at radius 3 is 2.61 bits per heavy atom. The third-order valence-electron chi connectivity index (χ3n) is 3.67. The number of hydrogen-bond donors (Lipinski definition) is 0. The maximum atomic E-state index is 11.7. The molecule has 6 heteroatoms. The Morgan fingerprint density at radius 2 is 2.04 bits per heavy atom. The lowest BCUT2D eigenvalue weighted by Crippen LogP contribution is -2.14. The van der Waals surface area contributed by atoms with E-state index in [9.17, 15) is 4.79 Å². The van der Waals surface area contributed by atoms with Crippen LogP contribution < -0.4 is 4.80 Å². The van der Waals surface area contributed by atoms with Gasteiger partial charge in [-0.2, -0.15) is 0 Å². The van der Waals surface area contributed by atoms with Crippen LogP contribution in [-0.4, -0.2) is 19.9 Å². The van der Waals surface area contributed by atoms with E-state index in [0.717, 1.165) is 33.3 Å². The second-order valence-electron chi connectivity index (χ2n) is 5.20. The van der Waals surface area contributed by atoms with E-state index in [1.807, 2.05) is 42.0 Å². The number of Topliss-reactive ketones (excluding diaryl/α,β-unsaturated/α-hetero) is 1. The number of nitrogens with zero attached hydrogens (tertiary/aromatic N) is 4. The van der Waals surface area contributed by atoms with Gasteiger partial charge in [-0.1, -0.05) is 11.3 Å². The molecule has 0 fully saturated rings. The summed E-state index contributed by atoms with van der Waals surface area (Å²) >= 11 is 1.45. The van der Waals surface area contributed by atoms with Gasteiger partial charge in [0.2, 0.25) is 0 Å². The first-order valence-corrected chi connectivity index (χ1v) is 8.26. The Kier molecular flexibility index (Phi) is 4.25. The fourth-order valence-corrected chi connectivity index (χ4v) is 3.60. The largest absolute Gasteiger partial charge is 0.321 e. The zero-order valence-corrected chi connectivity index (χ0v) is 14.2. The summed E-state index contributed by atoms with van der Waals surface area (Å²) in [7, 11) is 0.